The maximum Gasteiger partial charge on any atom is 0.167 e. The molecule has 138 valence electrons. The van der Waals surface area contributed by atoms with Crippen molar-refractivity contribution in [2.45, 2.75) is 31.0 Å². The van der Waals surface area contributed by atoms with E-state index in [1.54, 1.807) is 12.5 Å². The Bertz CT molecular complexity index is 868. The number of hydrogen-bond acceptors (Lipinski definition) is 9. The predicted molar refractivity (Wildman–Crippen MR) is 89.1 cm³/mol. The first kappa shape index (κ1) is 16.8. The van der Waals surface area contributed by atoms with Gasteiger partial charge in [-0.05, 0) is 0 Å². The van der Waals surface area contributed by atoms with Crippen molar-refractivity contribution in [3.05, 3.63) is 30.9 Å². The molecule has 1 saturated heterocycles. The fraction of sp³-hybridized carbons (Fsp3) is 0.467. The third-order valence-corrected chi connectivity index (χ3v) is 4.39. The number of aromatic nitrogens is 6. The number of hydrogen-bond donors (Lipinski definition) is 5. The van der Waals surface area contributed by atoms with Crippen molar-refractivity contribution in [3.63, 3.8) is 0 Å². The number of anilines is 1. The number of aromatic amines is 1. The first-order chi connectivity index (χ1) is 12.7. The molecule has 3 aromatic rings. The van der Waals surface area contributed by atoms with Gasteiger partial charge in [-0.1, -0.05) is 0 Å². The minimum Gasteiger partial charge on any atom is -0.394 e. The Kier molecular flexibility index (Phi) is 4.51. The van der Waals surface area contributed by atoms with Crippen LogP contribution in [0.5, 0.6) is 0 Å². The number of ether oxygens (including phenoxy) is 1. The standard InChI is InChI=1S/C15H19N7O4/c23-4-9-11(24)12(25)15(26-9)22-7-21-10-13(19-6-20-14(10)22)17-2-1-8-3-16-5-18-8/h3,5-7,9,11-12,15,23-25H,1-2,4H2,(H,16,18)(H,17,19,20)/t9-,11-,12-,15-/m1/s1. The van der Waals surface area contributed by atoms with Crippen LogP contribution < -0.4 is 5.32 Å². The van der Waals surface area contributed by atoms with E-state index in [4.69, 9.17) is 4.74 Å². The number of fused-ring (bicyclic) bond motifs is 1. The highest BCUT2D eigenvalue weighted by Crippen LogP contribution is 2.31. The molecule has 11 nitrogen and oxygen atoms in total. The molecule has 0 saturated carbocycles. The average Bonchev–Trinajstić information content (AvgIpc) is 3.37. The van der Waals surface area contributed by atoms with E-state index in [9.17, 15) is 15.3 Å². The van der Waals surface area contributed by atoms with Gasteiger partial charge in [-0.15, -0.1) is 0 Å². The predicted octanol–water partition coefficient (Wildman–Crippen LogP) is -1.18. The zero-order valence-corrected chi connectivity index (χ0v) is 13.7. The van der Waals surface area contributed by atoms with Crippen molar-refractivity contribution in [1.29, 1.82) is 0 Å². The maximum absolute atomic E-state index is 10.2. The normalized spacial score (nSPS) is 25.8. The second kappa shape index (κ2) is 6.96. The second-order valence-corrected chi connectivity index (χ2v) is 6.03. The Morgan fingerprint density at radius 1 is 1.23 bits per heavy atom. The fourth-order valence-electron chi connectivity index (χ4n) is 3.01. The molecule has 1 aliphatic rings. The van der Waals surface area contributed by atoms with Crippen LogP contribution in [0.15, 0.2) is 25.2 Å². The summed E-state index contributed by atoms with van der Waals surface area (Å²) < 4.78 is 7.07. The molecule has 5 N–H and O–H groups in total. The number of imidazole rings is 2. The summed E-state index contributed by atoms with van der Waals surface area (Å²) in [4.78, 5) is 19.7. The van der Waals surface area contributed by atoms with Crippen LogP contribution in [0.1, 0.15) is 11.9 Å². The lowest BCUT2D eigenvalue weighted by atomic mass is 10.1. The van der Waals surface area contributed by atoms with Gasteiger partial charge in [0.05, 0.1) is 19.3 Å². The number of aliphatic hydroxyl groups is 3. The lowest BCUT2D eigenvalue weighted by Gasteiger charge is -2.16. The number of aliphatic hydroxyl groups excluding tert-OH is 3. The van der Waals surface area contributed by atoms with Crippen molar-refractivity contribution in [1.82, 2.24) is 29.5 Å². The van der Waals surface area contributed by atoms with E-state index >= 15 is 0 Å². The van der Waals surface area contributed by atoms with Crippen LogP contribution in [0, 0.1) is 0 Å². The molecule has 0 bridgehead atoms. The van der Waals surface area contributed by atoms with Crippen LogP contribution in [0.25, 0.3) is 11.2 Å². The summed E-state index contributed by atoms with van der Waals surface area (Å²) in [6.07, 6.45) is 2.85. The average molecular weight is 361 g/mol. The van der Waals surface area contributed by atoms with Gasteiger partial charge in [0.15, 0.2) is 23.2 Å². The highest BCUT2D eigenvalue weighted by atomic mass is 16.6. The zero-order chi connectivity index (χ0) is 18.1. The Hall–Kier alpha value is -2.60. The number of nitrogens with one attached hydrogen (secondary N) is 2. The molecule has 11 heteroatoms. The molecule has 1 fully saturated rings. The largest absolute Gasteiger partial charge is 0.394 e. The molecule has 4 atom stereocenters. The molecule has 3 aromatic heterocycles. The Morgan fingerprint density at radius 3 is 2.85 bits per heavy atom. The summed E-state index contributed by atoms with van der Waals surface area (Å²) in [6, 6.07) is 0. The number of nitrogens with zero attached hydrogens (tertiary/aromatic N) is 5. The van der Waals surface area contributed by atoms with E-state index in [-0.39, 0.29) is 0 Å². The highest BCUT2D eigenvalue weighted by molar-refractivity contribution is 5.82. The molecule has 4 heterocycles. The van der Waals surface area contributed by atoms with Crippen molar-refractivity contribution >= 4 is 17.0 Å². The van der Waals surface area contributed by atoms with Crippen LogP contribution >= 0.6 is 0 Å². The van der Waals surface area contributed by atoms with Crippen LogP contribution in [0.3, 0.4) is 0 Å². The van der Waals surface area contributed by atoms with Gasteiger partial charge in [-0.2, -0.15) is 0 Å². The molecular formula is C15H19N7O4. The van der Waals surface area contributed by atoms with Crippen LogP contribution in [0.2, 0.25) is 0 Å². The van der Waals surface area contributed by atoms with Gasteiger partial charge in [0.1, 0.15) is 24.6 Å². The van der Waals surface area contributed by atoms with E-state index in [1.807, 2.05) is 0 Å². The Morgan fingerprint density at radius 2 is 2.12 bits per heavy atom. The van der Waals surface area contributed by atoms with Crippen molar-refractivity contribution in [2.75, 3.05) is 18.5 Å². The minimum absolute atomic E-state index is 0.392. The van der Waals surface area contributed by atoms with E-state index in [0.717, 1.165) is 12.1 Å². The quantitative estimate of drug-likeness (QED) is 0.365. The molecule has 0 radical (unpaired) electrons. The van der Waals surface area contributed by atoms with E-state index < -0.39 is 31.1 Å². The van der Waals surface area contributed by atoms with E-state index in [1.165, 1.54) is 17.2 Å². The molecular weight excluding hydrogens is 342 g/mol. The highest BCUT2D eigenvalue weighted by Gasteiger charge is 2.44. The Balaban J connectivity index is 1.55. The summed E-state index contributed by atoms with van der Waals surface area (Å²) in [7, 11) is 0. The van der Waals surface area contributed by atoms with E-state index in [0.29, 0.717) is 23.5 Å². The topological polar surface area (TPSA) is 154 Å². The van der Waals surface area contributed by atoms with Crippen molar-refractivity contribution in [3.8, 4) is 0 Å². The van der Waals surface area contributed by atoms with Gasteiger partial charge in [0.2, 0.25) is 0 Å². The second-order valence-electron chi connectivity index (χ2n) is 6.03. The monoisotopic (exact) mass is 361 g/mol. The van der Waals surface area contributed by atoms with Crippen molar-refractivity contribution in [2.24, 2.45) is 0 Å². The molecule has 4 rings (SSSR count). The first-order valence-corrected chi connectivity index (χ1v) is 8.20. The van der Waals surface area contributed by atoms with E-state index in [2.05, 4.69) is 30.2 Å². The first-order valence-electron chi connectivity index (χ1n) is 8.20. The van der Waals surface area contributed by atoms with Crippen LogP contribution in [-0.4, -0.2) is 76.3 Å². The third-order valence-electron chi connectivity index (χ3n) is 4.39. The summed E-state index contributed by atoms with van der Waals surface area (Å²) in [5, 5.41) is 32.6. The molecule has 0 unspecified atom stereocenters. The van der Waals surface area contributed by atoms with Crippen molar-refractivity contribution < 1.29 is 20.1 Å². The summed E-state index contributed by atoms with van der Waals surface area (Å²) in [5.74, 6) is 0.556. The van der Waals surface area contributed by atoms with Gasteiger partial charge in [-0.25, -0.2) is 19.9 Å². The number of H-pyrrole nitrogens is 1. The SMILES string of the molecule is OC[C@H]1O[C@@H](n2cnc3c(NCCc4cnc[nH]4)ncnc32)[C@H](O)[C@@H]1O. The summed E-state index contributed by atoms with van der Waals surface area (Å²) >= 11 is 0. The van der Waals surface area contributed by atoms with Gasteiger partial charge >= 0.3 is 0 Å². The molecule has 0 aliphatic carbocycles. The van der Waals surface area contributed by atoms with Crippen LogP contribution in [0.4, 0.5) is 5.82 Å². The lowest BCUT2D eigenvalue weighted by Crippen LogP contribution is -2.33. The summed E-state index contributed by atoms with van der Waals surface area (Å²) in [5.41, 5.74) is 1.98. The minimum atomic E-state index is -1.20. The lowest BCUT2D eigenvalue weighted by molar-refractivity contribution is -0.0511. The van der Waals surface area contributed by atoms with Gasteiger partial charge in [-0.3, -0.25) is 4.57 Å². The molecule has 1 aliphatic heterocycles. The smallest absolute Gasteiger partial charge is 0.167 e. The van der Waals surface area contributed by atoms with Gasteiger partial charge in [0, 0.05) is 24.9 Å². The summed E-state index contributed by atoms with van der Waals surface area (Å²) in [6.45, 7) is 0.228. The Labute approximate surface area is 147 Å². The molecule has 26 heavy (non-hydrogen) atoms. The molecule has 0 amide bonds. The zero-order valence-electron chi connectivity index (χ0n) is 13.7. The molecule has 0 spiro atoms. The van der Waals surface area contributed by atoms with Crippen LogP contribution in [-0.2, 0) is 11.2 Å². The number of rotatable bonds is 6. The third kappa shape index (κ3) is 2.90. The van der Waals surface area contributed by atoms with Gasteiger partial charge in [0.25, 0.3) is 0 Å². The maximum atomic E-state index is 10.2. The molecule has 0 aromatic carbocycles. The fourth-order valence-corrected chi connectivity index (χ4v) is 3.01. The van der Waals surface area contributed by atoms with Gasteiger partial charge < -0.3 is 30.4 Å².